The first-order chi connectivity index (χ1) is 6.22. The lowest BCUT2D eigenvalue weighted by Crippen LogP contribution is -2.43. The third kappa shape index (κ3) is 4.34. The zero-order chi connectivity index (χ0) is 9.68. The molecule has 0 aromatic carbocycles. The van der Waals surface area contributed by atoms with E-state index in [0.29, 0.717) is 6.04 Å². The highest BCUT2D eigenvalue weighted by atomic mass is 32.2. The molecule has 2 unspecified atom stereocenters. The molecule has 0 aromatic heterocycles. The highest BCUT2D eigenvalue weighted by molar-refractivity contribution is 7.99. The molecule has 1 aliphatic rings. The van der Waals surface area contributed by atoms with E-state index in [1.165, 1.54) is 25.3 Å². The van der Waals surface area contributed by atoms with Crippen LogP contribution in [0.4, 0.5) is 0 Å². The van der Waals surface area contributed by atoms with E-state index in [1.54, 1.807) is 0 Å². The number of thioether (sulfide) groups is 1. The number of rotatable bonds is 4. The molecule has 1 fully saturated rings. The van der Waals surface area contributed by atoms with E-state index in [1.807, 2.05) is 0 Å². The van der Waals surface area contributed by atoms with E-state index >= 15 is 0 Å². The lowest BCUT2D eigenvalue weighted by Gasteiger charge is -2.32. The van der Waals surface area contributed by atoms with E-state index in [2.05, 4.69) is 30.5 Å². The zero-order valence-electron chi connectivity index (χ0n) is 8.83. The third-order valence-corrected chi connectivity index (χ3v) is 3.61. The van der Waals surface area contributed by atoms with Crippen LogP contribution in [0.5, 0.6) is 0 Å². The first-order valence-corrected chi connectivity index (χ1v) is 6.36. The van der Waals surface area contributed by atoms with Gasteiger partial charge in [0.05, 0.1) is 0 Å². The van der Waals surface area contributed by atoms with Gasteiger partial charge in [0.1, 0.15) is 0 Å². The molecule has 3 heteroatoms. The van der Waals surface area contributed by atoms with Gasteiger partial charge in [0.25, 0.3) is 0 Å². The lowest BCUT2D eigenvalue weighted by molar-refractivity contribution is 0.263. The standard InChI is InChI=1S/C10H22N2S/c1-3-4-10(11)8-12-5-6-13-9(2)7-12/h9-10H,3-8,11H2,1-2H3. The molecule has 0 saturated carbocycles. The van der Waals surface area contributed by atoms with Crippen LogP contribution < -0.4 is 5.73 Å². The van der Waals surface area contributed by atoms with Gasteiger partial charge < -0.3 is 5.73 Å². The van der Waals surface area contributed by atoms with E-state index < -0.39 is 0 Å². The fourth-order valence-electron chi connectivity index (χ4n) is 1.85. The summed E-state index contributed by atoms with van der Waals surface area (Å²) in [4.78, 5) is 2.52. The van der Waals surface area contributed by atoms with E-state index in [4.69, 9.17) is 5.73 Å². The molecule has 0 radical (unpaired) electrons. The second-order valence-corrected chi connectivity index (χ2v) is 5.54. The van der Waals surface area contributed by atoms with Gasteiger partial charge in [0, 0.05) is 36.7 Å². The molecule has 0 aromatic rings. The smallest absolute Gasteiger partial charge is 0.0167 e. The Kier molecular flexibility index (Phi) is 5.14. The molecule has 2 atom stereocenters. The van der Waals surface area contributed by atoms with Crippen molar-refractivity contribution in [1.82, 2.24) is 4.90 Å². The number of nitrogens with two attached hydrogens (primary N) is 1. The molecule has 13 heavy (non-hydrogen) atoms. The van der Waals surface area contributed by atoms with Crippen molar-refractivity contribution in [2.75, 3.05) is 25.4 Å². The predicted molar refractivity (Wildman–Crippen MR) is 61.2 cm³/mol. The van der Waals surface area contributed by atoms with Crippen LogP contribution >= 0.6 is 11.8 Å². The zero-order valence-corrected chi connectivity index (χ0v) is 9.65. The Hall–Kier alpha value is 0.270. The Bertz CT molecular complexity index is 141. The summed E-state index contributed by atoms with van der Waals surface area (Å²) in [5, 5.41) is 0.794. The molecule has 2 N–H and O–H groups in total. The van der Waals surface area contributed by atoms with Gasteiger partial charge in [-0.25, -0.2) is 0 Å². The van der Waals surface area contributed by atoms with Gasteiger partial charge in [-0.05, 0) is 6.42 Å². The predicted octanol–water partition coefficient (Wildman–Crippen LogP) is 1.55. The topological polar surface area (TPSA) is 29.3 Å². The molecular formula is C10H22N2S. The maximum Gasteiger partial charge on any atom is 0.0167 e. The van der Waals surface area contributed by atoms with Crippen LogP contribution in [-0.2, 0) is 0 Å². The summed E-state index contributed by atoms with van der Waals surface area (Å²) in [6, 6.07) is 0.389. The normalized spacial score (nSPS) is 27.5. The van der Waals surface area contributed by atoms with Crippen molar-refractivity contribution >= 4 is 11.8 Å². The monoisotopic (exact) mass is 202 g/mol. The second kappa shape index (κ2) is 5.89. The van der Waals surface area contributed by atoms with Crippen LogP contribution in [0.3, 0.4) is 0 Å². The van der Waals surface area contributed by atoms with Gasteiger partial charge in [0.2, 0.25) is 0 Å². The quantitative estimate of drug-likeness (QED) is 0.750. The van der Waals surface area contributed by atoms with Gasteiger partial charge in [-0.1, -0.05) is 20.3 Å². The van der Waals surface area contributed by atoms with Crippen LogP contribution in [0.15, 0.2) is 0 Å². The van der Waals surface area contributed by atoms with Gasteiger partial charge >= 0.3 is 0 Å². The highest BCUT2D eigenvalue weighted by Gasteiger charge is 2.17. The summed E-state index contributed by atoms with van der Waals surface area (Å²) in [6.07, 6.45) is 2.37. The molecule has 0 spiro atoms. The average molecular weight is 202 g/mol. The molecule has 1 saturated heterocycles. The van der Waals surface area contributed by atoms with Crippen molar-refractivity contribution < 1.29 is 0 Å². The molecule has 0 amide bonds. The minimum Gasteiger partial charge on any atom is -0.327 e. The molecule has 0 aliphatic carbocycles. The fourth-order valence-corrected chi connectivity index (χ4v) is 2.93. The Morgan fingerprint density at radius 1 is 1.62 bits per heavy atom. The van der Waals surface area contributed by atoms with Crippen molar-refractivity contribution in [2.45, 2.75) is 38.0 Å². The van der Waals surface area contributed by atoms with Crippen molar-refractivity contribution in [1.29, 1.82) is 0 Å². The van der Waals surface area contributed by atoms with Crippen LogP contribution in [0.25, 0.3) is 0 Å². The van der Waals surface area contributed by atoms with Crippen molar-refractivity contribution in [3.63, 3.8) is 0 Å². The maximum absolute atomic E-state index is 6.01. The SMILES string of the molecule is CCCC(N)CN1CCSC(C)C1. The van der Waals surface area contributed by atoms with Crippen molar-refractivity contribution in [3.05, 3.63) is 0 Å². The van der Waals surface area contributed by atoms with Gasteiger partial charge in [-0.15, -0.1) is 0 Å². The minimum atomic E-state index is 0.389. The van der Waals surface area contributed by atoms with Crippen LogP contribution in [0.1, 0.15) is 26.7 Å². The third-order valence-electron chi connectivity index (χ3n) is 2.48. The number of nitrogens with zero attached hydrogens (tertiary/aromatic N) is 1. The summed E-state index contributed by atoms with van der Waals surface area (Å²) in [7, 11) is 0. The first kappa shape index (κ1) is 11.3. The Morgan fingerprint density at radius 3 is 3.00 bits per heavy atom. The minimum absolute atomic E-state index is 0.389. The maximum atomic E-state index is 6.01. The number of hydrogen-bond donors (Lipinski definition) is 1. The highest BCUT2D eigenvalue weighted by Crippen LogP contribution is 2.17. The molecule has 2 nitrogen and oxygen atoms in total. The van der Waals surface area contributed by atoms with Gasteiger partial charge in [-0.3, -0.25) is 4.90 Å². The summed E-state index contributed by atoms with van der Waals surface area (Å²) in [5.74, 6) is 1.28. The Balaban J connectivity index is 2.19. The molecular weight excluding hydrogens is 180 g/mol. The molecule has 1 rings (SSSR count). The van der Waals surface area contributed by atoms with Crippen LogP contribution in [0.2, 0.25) is 0 Å². The average Bonchev–Trinajstić information content (AvgIpc) is 2.04. The summed E-state index contributed by atoms with van der Waals surface area (Å²) < 4.78 is 0. The van der Waals surface area contributed by atoms with Gasteiger partial charge in [0.15, 0.2) is 0 Å². The summed E-state index contributed by atoms with van der Waals surface area (Å²) in [6.45, 7) is 8.06. The second-order valence-electron chi connectivity index (χ2n) is 3.99. The Morgan fingerprint density at radius 2 is 2.38 bits per heavy atom. The number of hydrogen-bond acceptors (Lipinski definition) is 3. The van der Waals surface area contributed by atoms with Crippen molar-refractivity contribution in [3.8, 4) is 0 Å². The summed E-state index contributed by atoms with van der Waals surface area (Å²) >= 11 is 2.08. The molecule has 1 aliphatic heterocycles. The molecule has 78 valence electrons. The van der Waals surface area contributed by atoms with E-state index in [9.17, 15) is 0 Å². The largest absolute Gasteiger partial charge is 0.327 e. The first-order valence-electron chi connectivity index (χ1n) is 5.32. The van der Waals surface area contributed by atoms with E-state index in [0.717, 1.165) is 18.2 Å². The Labute approximate surface area is 86.2 Å². The van der Waals surface area contributed by atoms with Gasteiger partial charge in [-0.2, -0.15) is 11.8 Å². The van der Waals surface area contributed by atoms with Crippen LogP contribution in [-0.4, -0.2) is 41.6 Å². The van der Waals surface area contributed by atoms with Crippen LogP contribution in [0, 0.1) is 0 Å². The van der Waals surface area contributed by atoms with E-state index in [-0.39, 0.29) is 0 Å². The lowest BCUT2D eigenvalue weighted by atomic mass is 10.1. The molecule has 0 bridgehead atoms. The fraction of sp³-hybridized carbons (Fsp3) is 1.00. The summed E-state index contributed by atoms with van der Waals surface area (Å²) in [5.41, 5.74) is 6.01. The van der Waals surface area contributed by atoms with Crippen molar-refractivity contribution in [2.24, 2.45) is 5.73 Å². The molecule has 1 heterocycles.